The Hall–Kier alpha value is -1.43. The SMILES string of the molecule is Cc1c(Cl)cccc1-n1nc(C(C)O)nc1C1CCC(N)CC1. The van der Waals surface area contributed by atoms with Crippen molar-refractivity contribution in [1.82, 2.24) is 14.8 Å². The molecule has 2 aromatic rings. The van der Waals surface area contributed by atoms with Gasteiger partial charge in [-0.3, -0.25) is 0 Å². The summed E-state index contributed by atoms with van der Waals surface area (Å²) in [6.45, 7) is 3.66. The number of hydrogen-bond donors (Lipinski definition) is 2. The fourth-order valence-electron chi connectivity index (χ4n) is 3.16. The molecule has 6 heteroatoms. The molecule has 1 aromatic heterocycles. The third-order valence-electron chi connectivity index (χ3n) is 4.63. The zero-order chi connectivity index (χ0) is 16.6. The van der Waals surface area contributed by atoms with Gasteiger partial charge in [0.1, 0.15) is 11.9 Å². The van der Waals surface area contributed by atoms with Crippen LogP contribution in [-0.2, 0) is 0 Å². The number of hydrogen-bond acceptors (Lipinski definition) is 4. The lowest BCUT2D eigenvalue weighted by atomic mass is 9.86. The summed E-state index contributed by atoms with van der Waals surface area (Å²) in [5.74, 6) is 1.67. The average Bonchev–Trinajstić information content (AvgIpc) is 2.96. The number of aliphatic hydroxyl groups is 1. The van der Waals surface area contributed by atoms with Gasteiger partial charge in [-0.2, -0.15) is 0 Å². The number of benzene rings is 1. The third kappa shape index (κ3) is 3.27. The summed E-state index contributed by atoms with van der Waals surface area (Å²) in [6.07, 6.45) is 3.30. The molecule has 0 radical (unpaired) electrons. The fraction of sp³-hybridized carbons (Fsp3) is 0.529. The summed E-state index contributed by atoms with van der Waals surface area (Å²) in [7, 11) is 0. The first kappa shape index (κ1) is 16.4. The molecule has 124 valence electrons. The van der Waals surface area contributed by atoms with Gasteiger partial charge in [0.05, 0.1) is 5.69 Å². The molecule has 1 saturated carbocycles. The largest absolute Gasteiger partial charge is 0.385 e. The molecule has 0 aliphatic heterocycles. The minimum atomic E-state index is -0.694. The van der Waals surface area contributed by atoms with Gasteiger partial charge in [-0.15, -0.1) is 5.10 Å². The molecule has 1 aliphatic rings. The molecule has 0 saturated heterocycles. The van der Waals surface area contributed by atoms with Crippen LogP contribution >= 0.6 is 11.6 Å². The lowest BCUT2D eigenvalue weighted by Crippen LogP contribution is -2.26. The highest BCUT2D eigenvalue weighted by Crippen LogP contribution is 2.34. The van der Waals surface area contributed by atoms with Crippen molar-refractivity contribution in [3.8, 4) is 5.69 Å². The van der Waals surface area contributed by atoms with Crippen molar-refractivity contribution in [3.63, 3.8) is 0 Å². The Morgan fingerprint density at radius 3 is 2.65 bits per heavy atom. The maximum atomic E-state index is 9.89. The van der Waals surface area contributed by atoms with Crippen LogP contribution in [-0.4, -0.2) is 25.9 Å². The van der Waals surface area contributed by atoms with Gasteiger partial charge in [0.25, 0.3) is 0 Å². The van der Waals surface area contributed by atoms with E-state index in [4.69, 9.17) is 17.3 Å². The van der Waals surface area contributed by atoms with E-state index in [1.54, 1.807) is 6.92 Å². The van der Waals surface area contributed by atoms with Crippen LogP contribution < -0.4 is 5.73 Å². The van der Waals surface area contributed by atoms with Crippen molar-refractivity contribution in [1.29, 1.82) is 0 Å². The van der Waals surface area contributed by atoms with E-state index in [9.17, 15) is 5.11 Å². The fourth-order valence-corrected chi connectivity index (χ4v) is 3.33. The highest BCUT2D eigenvalue weighted by molar-refractivity contribution is 6.31. The van der Waals surface area contributed by atoms with Crippen LogP contribution in [0, 0.1) is 6.92 Å². The highest BCUT2D eigenvalue weighted by atomic mass is 35.5. The van der Waals surface area contributed by atoms with Gasteiger partial charge < -0.3 is 10.8 Å². The summed E-state index contributed by atoms with van der Waals surface area (Å²) in [4.78, 5) is 4.62. The molecule has 3 N–H and O–H groups in total. The number of nitrogens with two attached hydrogens (primary N) is 1. The van der Waals surface area contributed by atoms with E-state index in [1.807, 2.05) is 29.8 Å². The van der Waals surface area contributed by atoms with Gasteiger partial charge in [-0.1, -0.05) is 17.7 Å². The van der Waals surface area contributed by atoms with E-state index in [-0.39, 0.29) is 6.04 Å². The Kier molecular flexibility index (Phi) is 4.71. The molecule has 0 amide bonds. The smallest absolute Gasteiger partial charge is 0.179 e. The predicted octanol–water partition coefficient (Wildman–Crippen LogP) is 3.27. The first-order chi connectivity index (χ1) is 11.0. The number of rotatable bonds is 3. The summed E-state index contributed by atoms with van der Waals surface area (Å²) in [5.41, 5.74) is 7.90. The van der Waals surface area contributed by atoms with E-state index in [1.165, 1.54) is 0 Å². The molecule has 5 nitrogen and oxygen atoms in total. The van der Waals surface area contributed by atoms with Crippen molar-refractivity contribution < 1.29 is 5.11 Å². The van der Waals surface area contributed by atoms with Crippen LogP contribution in [0.2, 0.25) is 5.02 Å². The van der Waals surface area contributed by atoms with E-state index < -0.39 is 6.10 Å². The van der Waals surface area contributed by atoms with Gasteiger partial charge in [0.15, 0.2) is 5.82 Å². The number of halogens is 1. The van der Waals surface area contributed by atoms with E-state index in [0.29, 0.717) is 16.8 Å². The Bertz CT molecular complexity index is 690. The predicted molar refractivity (Wildman–Crippen MR) is 90.9 cm³/mol. The summed E-state index contributed by atoms with van der Waals surface area (Å²) in [6, 6.07) is 6.05. The van der Waals surface area contributed by atoms with Crippen molar-refractivity contribution in [2.45, 2.75) is 57.6 Å². The van der Waals surface area contributed by atoms with Crippen LogP contribution in [0.4, 0.5) is 0 Å². The number of nitrogens with zero attached hydrogens (tertiary/aromatic N) is 3. The van der Waals surface area contributed by atoms with E-state index in [2.05, 4.69) is 10.1 Å². The van der Waals surface area contributed by atoms with Crippen LogP contribution in [0.1, 0.15) is 61.8 Å². The summed E-state index contributed by atoms with van der Waals surface area (Å²) >= 11 is 6.26. The van der Waals surface area contributed by atoms with Gasteiger partial charge in [-0.25, -0.2) is 9.67 Å². The normalized spacial score (nSPS) is 23.0. The van der Waals surface area contributed by atoms with Crippen molar-refractivity contribution in [2.75, 3.05) is 0 Å². The molecule has 1 unspecified atom stereocenters. The van der Waals surface area contributed by atoms with Crippen LogP contribution in [0.3, 0.4) is 0 Å². The number of aliphatic hydroxyl groups excluding tert-OH is 1. The molecule has 1 atom stereocenters. The van der Waals surface area contributed by atoms with Crippen molar-refractivity contribution >= 4 is 11.6 Å². The lowest BCUT2D eigenvalue weighted by molar-refractivity contribution is 0.189. The van der Waals surface area contributed by atoms with E-state index in [0.717, 1.165) is 42.8 Å². The molecular weight excluding hydrogens is 312 g/mol. The Balaban J connectivity index is 2.06. The first-order valence-corrected chi connectivity index (χ1v) is 8.51. The second-order valence-electron chi connectivity index (χ2n) is 6.41. The maximum absolute atomic E-state index is 9.89. The van der Waals surface area contributed by atoms with Gasteiger partial charge >= 0.3 is 0 Å². The van der Waals surface area contributed by atoms with Crippen molar-refractivity contribution in [2.24, 2.45) is 5.73 Å². The molecule has 1 aromatic carbocycles. The van der Waals surface area contributed by atoms with Crippen LogP contribution in [0.25, 0.3) is 5.69 Å². The minimum Gasteiger partial charge on any atom is -0.385 e. The minimum absolute atomic E-state index is 0.284. The van der Waals surface area contributed by atoms with Crippen molar-refractivity contribution in [3.05, 3.63) is 40.4 Å². The maximum Gasteiger partial charge on any atom is 0.179 e. The third-order valence-corrected chi connectivity index (χ3v) is 5.04. The number of aromatic nitrogens is 3. The second-order valence-corrected chi connectivity index (χ2v) is 6.82. The summed E-state index contributed by atoms with van der Waals surface area (Å²) < 4.78 is 1.85. The standard InChI is InChI=1S/C17H23ClN4O/c1-10-14(18)4-3-5-15(10)22-17(20-16(21-22)11(2)23)12-6-8-13(19)9-7-12/h3-5,11-13,23H,6-9,19H2,1-2H3. The molecule has 3 rings (SSSR count). The van der Waals surface area contributed by atoms with Gasteiger partial charge in [-0.05, 0) is 57.2 Å². The Morgan fingerprint density at radius 2 is 2.00 bits per heavy atom. The quantitative estimate of drug-likeness (QED) is 0.903. The van der Waals surface area contributed by atoms with Crippen LogP contribution in [0.15, 0.2) is 18.2 Å². The second kappa shape index (κ2) is 6.59. The molecule has 1 fully saturated rings. The summed E-state index contributed by atoms with van der Waals surface area (Å²) in [5, 5.41) is 15.1. The zero-order valence-corrected chi connectivity index (χ0v) is 14.3. The monoisotopic (exact) mass is 334 g/mol. The van der Waals surface area contributed by atoms with E-state index >= 15 is 0 Å². The Morgan fingerprint density at radius 1 is 1.30 bits per heavy atom. The molecule has 23 heavy (non-hydrogen) atoms. The molecule has 0 spiro atoms. The molecule has 1 aliphatic carbocycles. The highest BCUT2D eigenvalue weighted by Gasteiger charge is 2.27. The molecule has 1 heterocycles. The van der Waals surface area contributed by atoms with Crippen LogP contribution in [0.5, 0.6) is 0 Å². The van der Waals surface area contributed by atoms with Gasteiger partial charge in [0.2, 0.25) is 0 Å². The topological polar surface area (TPSA) is 77.0 Å². The Labute approximate surface area is 141 Å². The average molecular weight is 335 g/mol. The lowest BCUT2D eigenvalue weighted by Gasteiger charge is -2.25. The zero-order valence-electron chi connectivity index (χ0n) is 13.5. The van der Waals surface area contributed by atoms with Gasteiger partial charge in [0, 0.05) is 17.0 Å². The first-order valence-electron chi connectivity index (χ1n) is 8.13. The molecule has 0 bridgehead atoms. The molecular formula is C17H23ClN4O.